The quantitative estimate of drug-likeness (QED) is 0.472. The number of pyridine rings is 2. The lowest BCUT2D eigenvalue weighted by Gasteiger charge is -2.32. The summed E-state index contributed by atoms with van der Waals surface area (Å²) in [5, 5.41) is 6.67. The lowest BCUT2D eigenvalue weighted by molar-refractivity contribution is 0.182. The Morgan fingerprint density at radius 1 is 0.968 bits per heavy atom. The molecule has 0 spiro atoms. The first kappa shape index (κ1) is 18.7. The van der Waals surface area contributed by atoms with E-state index in [9.17, 15) is 4.39 Å². The van der Waals surface area contributed by atoms with Crippen molar-refractivity contribution in [2.45, 2.75) is 29.2 Å². The maximum Gasteiger partial charge on any atom is 0.194 e. The summed E-state index contributed by atoms with van der Waals surface area (Å²) in [5.74, 6) is 0.432. The van der Waals surface area contributed by atoms with E-state index in [1.54, 1.807) is 24.5 Å². The van der Waals surface area contributed by atoms with Crippen molar-refractivity contribution >= 4 is 11.8 Å². The van der Waals surface area contributed by atoms with Gasteiger partial charge in [0.15, 0.2) is 11.0 Å². The molecule has 6 nitrogen and oxygen atoms in total. The van der Waals surface area contributed by atoms with Gasteiger partial charge < -0.3 is 0 Å². The molecule has 6 rings (SSSR count). The van der Waals surface area contributed by atoms with Crippen LogP contribution in [-0.4, -0.2) is 42.7 Å². The molecule has 1 atom stereocenters. The van der Waals surface area contributed by atoms with Gasteiger partial charge in [-0.1, -0.05) is 12.1 Å². The average Bonchev–Trinajstić information content (AvgIpc) is 3.48. The van der Waals surface area contributed by atoms with Crippen LogP contribution in [0.1, 0.15) is 24.6 Å². The number of halogens is 1. The molecule has 0 N–H and O–H groups in total. The van der Waals surface area contributed by atoms with E-state index in [2.05, 4.69) is 16.0 Å². The van der Waals surface area contributed by atoms with Gasteiger partial charge in [0, 0.05) is 48.4 Å². The highest BCUT2D eigenvalue weighted by molar-refractivity contribution is 7.99. The van der Waals surface area contributed by atoms with E-state index in [1.807, 2.05) is 23.0 Å². The van der Waals surface area contributed by atoms with Gasteiger partial charge in [0.1, 0.15) is 17.0 Å². The van der Waals surface area contributed by atoms with E-state index in [1.165, 1.54) is 36.7 Å². The summed E-state index contributed by atoms with van der Waals surface area (Å²) in [7, 11) is 0. The molecule has 2 aliphatic heterocycles. The number of hydrogen-bond donors (Lipinski definition) is 0. The molecule has 1 unspecified atom stereocenters. The first-order valence-corrected chi connectivity index (χ1v) is 11.1. The molecule has 0 bridgehead atoms. The van der Waals surface area contributed by atoms with Gasteiger partial charge in [0.2, 0.25) is 0 Å². The van der Waals surface area contributed by atoms with Crippen molar-refractivity contribution in [3.8, 4) is 22.5 Å². The fourth-order valence-corrected chi connectivity index (χ4v) is 5.18. The SMILES string of the molecule is Fc1ccc(-c2cnc3c(c2)C(N2CCCC2)n2nc(-c4cccnc4)nc2S3)cc1. The van der Waals surface area contributed by atoms with E-state index in [4.69, 9.17) is 15.1 Å². The molecule has 1 saturated heterocycles. The second-order valence-corrected chi connectivity index (χ2v) is 8.70. The fourth-order valence-electron chi connectivity index (χ4n) is 4.25. The Balaban J connectivity index is 1.47. The second-order valence-electron chi connectivity index (χ2n) is 7.75. The Morgan fingerprint density at radius 2 is 1.81 bits per heavy atom. The lowest BCUT2D eigenvalue weighted by Crippen LogP contribution is -2.34. The molecule has 1 aromatic carbocycles. The molecule has 0 amide bonds. The summed E-state index contributed by atoms with van der Waals surface area (Å²) in [6.07, 6.45) is 7.67. The highest BCUT2D eigenvalue weighted by Gasteiger charge is 2.35. The van der Waals surface area contributed by atoms with Gasteiger partial charge in [0.05, 0.1) is 0 Å². The van der Waals surface area contributed by atoms with Gasteiger partial charge in [-0.15, -0.1) is 5.10 Å². The molecular formula is C23H19FN6S. The van der Waals surface area contributed by atoms with Crippen LogP contribution >= 0.6 is 11.8 Å². The van der Waals surface area contributed by atoms with Crippen molar-refractivity contribution in [1.29, 1.82) is 0 Å². The Morgan fingerprint density at radius 3 is 2.58 bits per heavy atom. The van der Waals surface area contributed by atoms with E-state index >= 15 is 0 Å². The second kappa shape index (κ2) is 7.55. The molecule has 0 radical (unpaired) electrons. The fraction of sp³-hybridized carbons (Fsp3) is 0.217. The number of fused-ring (bicyclic) bond motifs is 2. The lowest BCUT2D eigenvalue weighted by atomic mass is 10.0. The van der Waals surface area contributed by atoms with E-state index in [0.29, 0.717) is 5.82 Å². The minimum atomic E-state index is -0.240. The first-order chi connectivity index (χ1) is 15.3. The number of likely N-dealkylation sites (tertiary alicyclic amines) is 1. The third kappa shape index (κ3) is 3.32. The van der Waals surface area contributed by atoms with Crippen molar-refractivity contribution in [2.75, 3.05) is 13.1 Å². The van der Waals surface area contributed by atoms with Crippen LogP contribution in [-0.2, 0) is 0 Å². The molecular weight excluding hydrogens is 411 g/mol. The van der Waals surface area contributed by atoms with E-state index in [-0.39, 0.29) is 12.0 Å². The van der Waals surface area contributed by atoms with Crippen LogP contribution in [0.5, 0.6) is 0 Å². The molecule has 5 heterocycles. The van der Waals surface area contributed by atoms with Gasteiger partial charge in [-0.05, 0) is 60.5 Å². The summed E-state index contributed by atoms with van der Waals surface area (Å²) in [4.78, 5) is 16.2. The summed E-state index contributed by atoms with van der Waals surface area (Å²) in [5.41, 5.74) is 3.93. The van der Waals surface area contributed by atoms with Crippen LogP contribution in [0.15, 0.2) is 71.2 Å². The zero-order valence-electron chi connectivity index (χ0n) is 16.6. The Kier molecular flexibility index (Phi) is 4.54. The van der Waals surface area contributed by atoms with E-state index < -0.39 is 0 Å². The third-order valence-electron chi connectivity index (χ3n) is 5.76. The van der Waals surface area contributed by atoms with Crippen LogP contribution in [0.3, 0.4) is 0 Å². The molecule has 3 aromatic heterocycles. The van der Waals surface area contributed by atoms with Crippen LogP contribution in [0.25, 0.3) is 22.5 Å². The van der Waals surface area contributed by atoms with Gasteiger partial charge >= 0.3 is 0 Å². The van der Waals surface area contributed by atoms with Crippen LogP contribution in [0.2, 0.25) is 0 Å². The maximum atomic E-state index is 13.4. The number of rotatable bonds is 3. The van der Waals surface area contributed by atoms with Crippen molar-refractivity contribution in [2.24, 2.45) is 0 Å². The highest BCUT2D eigenvalue weighted by atomic mass is 32.2. The van der Waals surface area contributed by atoms with Gasteiger partial charge in [-0.25, -0.2) is 19.0 Å². The smallest absolute Gasteiger partial charge is 0.194 e. The standard InChI is InChI=1S/C23H19FN6S/c24-18-7-5-15(6-8-18)17-12-19-21(26-14-17)31-23-27-20(16-4-3-9-25-13-16)28-30(23)22(19)29-10-1-2-11-29/h3-9,12-14,22H,1-2,10-11H2. The molecule has 2 aliphatic rings. The number of nitrogens with zero attached hydrogens (tertiary/aromatic N) is 6. The largest absolute Gasteiger partial charge is 0.278 e. The van der Waals surface area contributed by atoms with Gasteiger partial charge in [-0.3, -0.25) is 9.88 Å². The monoisotopic (exact) mass is 430 g/mol. The minimum absolute atomic E-state index is 0.0560. The predicted molar refractivity (Wildman–Crippen MR) is 116 cm³/mol. The van der Waals surface area contributed by atoms with Crippen molar-refractivity contribution in [3.63, 3.8) is 0 Å². The molecule has 31 heavy (non-hydrogen) atoms. The normalized spacial score (nSPS) is 18.0. The molecule has 8 heteroatoms. The third-order valence-corrected chi connectivity index (χ3v) is 6.76. The topological polar surface area (TPSA) is 59.7 Å². The summed E-state index contributed by atoms with van der Waals surface area (Å²) >= 11 is 1.54. The summed E-state index contributed by atoms with van der Waals surface area (Å²) in [6.45, 7) is 2.02. The Bertz CT molecular complexity index is 1230. The molecule has 154 valence electrons. The molecule has 4 aromatic rings. The molecule has 0 saturated carbocycles. The predicted octanol–water partition coefficient (Wildman–Crippen LogP) is 4.65. The van der Waals surface area contributed by atoms with Crippen molar-refractivity contribution in [1.82, 2.24) is 29.6 Å². The summed E-state index contributed by atoms with van der Waals surface area (Å²) < 4.78 is 15.4. The van der Waals surface area contributed by atoms with E-state index in [0.717, 1.165) is 45.5 Å². The molecule has 0 aliphatic carbocycles. The first-order valence-electron chi connectivity index (χ1n) is 10.3. The Labute approximate surface area is 183 Å². The molecule has 1 fully saturated rings. The number of aromatic nitrogens is 5. The van der Waals surface area contributed by atoms with Crippen LogP contribution < -0.4 is 0 Å². The van der Waals surface area contributed by atoms with Gasteiger partial charge in [0.25, 0.3) is 0 Å². The highest BCUT2D eigenvalue weighted by Crippen LogP contribution is 2.43. The number of benzene rings is 1. The van der Waals surface area contributed by atoms with Crippen LogP contribution in [0, 0.1) is 5.82 Å². The minimum Gasteiger partial charge on any atom is -0.278 e. The maximum absolute atomic E-state index is 13.4. The zero-order valence-corrected chi connectivity index (χ0v) is 17.5. The van der Waals surface area contributed by atoms with Gasteiger partial charge in [-0.2, -0.15) is 0 Å². The Hall–Kier alpha value is -3.10. The van der Waals surface area contributed by atoms with Crippen LogP contribution in [0.4, 0.5) is 4.39 Å². The average molecular weight is 431 g/mol. The van der Waals surface area contributed by atoms with Crippen molar-refractivity contribution < 1.29 is 4.39 Å². The zero-order chi connectivity index (χ0) is 20.8. The number of hydrogen-bond acceptors (Lipinski definition) is 6. The summed E-state index contributed by atoms with van der Waals surface area (Å²) in [6, 6.07) is 12.6. The van der Waals surface area contributed by atoms with Crippen molar-refractivity contribution in [3.05, 3.63) is 72.4 Å².